The Morgan fingerprint density at radius 3 is 2.15 bits per heavy atom. The summed E-state index contributed by atoms with van der Waals surface area (Å²) in [6.07, 6.45) is 0. The van der Waals surface area contributed by atoms with E-state index in [0.29, 0.717) is 29.9 Å². The molecule has 0 aromatic heterocycles. The molecule has 2 aromatic rings. The van der Waals surface area contributed by atoms with Crippen LogP contribution in [0.3, 0.4) is 0 Å². The maximum absolute atomic E-state index is 12.3. The van der Waals surface area contributed by atoms with Crippen LogP contribution in [-0.2, 0) is 0 Å². The largest absolute Gasteiger partial charge is 0.339 e. The van der Waals surface area contributed by atoms with Crippen molar-refractivity contribution >= 4 is 23.2 Å². The number of aryl methyl sites for hydroxylation is 1. The van der Waals surface area contributed by atoms with Gasteiger partial charge in [0.2, 0.25) is 0 Å². The zero-order valence-corrected chi connectivity index (χ0v) is 15.0. The molecule has 0 atom stereocenters. The van der Waals surface area contributed by atoms with Gasteiger partial charge >= 0.3 is 0 Å². The van der Waals surface area contributed by atoms with Crippen LogP contribution in [0.4, 0.5) is 11.4 Å². The van der Waals surface area contributed by atoms with Crippen molar-refractivity contribution in [3.8, 4) is 0 Å². The fourth-order valence-electron chi connectivity index (χ4n) is 2.54. The number of nitro groups is 1. The van der Waals surface area contributed by atoms with Crippen LogP contribution in [0, 0.1) is 17.0 Å². The van der Waals surface area contributed by atoms with Crippen molar-refractivity contribution in [2.45, 2.75) is 20.8 Å². The molecule has 0 heterocycles. The third-order valence-corrected chi connectivity index (χ3v) is 4.11. The normalized spacial score (nSPS) is 10.3. The van der Waals surface area contributed by atoms with Crippen LogP contribution in [0.5, 0.6) is 0 Å². The fourth-order valence-corrected chi connectivity index (χ4v) is 2.54. The number of nitro benzene ring substituents is 1. The molecular weight excluding hydrogens is 334 g/mol. The van der Waals surface area contributed by atoms with Gasteiger partial charge in [0, 0.05) is 41.5 Å². The van der Waals surface area contributed by atoms with E-state index in [-0.39, 0.29) is 17.2 Å². The van der Waals surface area contributed by atoms with Gasteiger partial charge in [-0.1, -0.05) is 6.07 Å². The number of anilines is 1. The first-order chi connectivity index (χ1) is 12.4. The van der Waals surface area contributed by atoms with Gasteiger partial charge in [0.25, 0.3) is 17.5 Å². The van der Waals surface area contributed by atoms with E-state index in [1.807, 2.05) is 13.8 Å². The highest BCUT2D eigenvalue weighted by Crippen LogP contribution is 2.20. The molecule has 2 amide bonds. The van der Waals surface area contributed by atoms with Crippen LogP contribution >= 0.6 is 0 Å². The summed E-state index contributed by atoms with van der Waals surface area (Å²) < 4.78 is 0. The second kappa shape index (κ2) is 8.24. The highest BCUT2D eigenvalue weighted by molar-refractivity contribution is 6.05. The van der Waals surface area contributed by atoms with E-state index >= 15 is 0 Å². The average molecular weight is 355 g/mol. The SMILES string of the molecule is CCN(CC)C(=O)c1ccc(NC(=O)c2ccc(C)c([N+](=O)[O-])c2)cc1. The Labute approximate surface area is 151 Å². The summed E-state index contributed by atoms with van der Waals surface area (Å²) in [5.41, 5.74) is 1.64. The van der Waals surface area contributed by atoms with Crippen LogP contribution in [0.25, 0.3) is 0 Å². The number of nitrogens with one attached hydrogen (secondary N) is 1. The topological polar surface area (TPSA) is 92.6 Å². The number of nitrogens with zero attached hydrogens (tertiary/aromatic N) is 2. The van der Waals surface area contributed by atoms with Crippen LogP contribution in [0.15, 0.2) is 42.5 Å². The molecule has 0 bridgehead atoms. The Bertz CT molecular complexity index is 827. The molecule has 0 aliphatic rings. The van der Waals surface area contributed by atoms with Crippen molar-refractivity contribution < 1.29 is 14.5 Å². The summed E-state index contributed by atoms with van der Waals surface area (Å²) in [5, 5.41) is 13.7. The van der Waals surface area contributed by atoms with E-state index in [1.165, 1.54) is 12.1 Å². The summed E-state index contributed by atoms with van der Waals surface area (Å²) in [6, 6.07) is 10.9. The molecule has 26 heavy (non-hydrogen) atoms. The lowest BCUT2D eigenvalue weighted by atomic mass is 10.1. The summed E-state index contributed by atoms with van der Waals surface area (Å²) in [6.45, 7) is 6.69. The third kappa shape index (κ3) is 4.24. The molecule has 0 fully saturated rings. The lowest BCUT2D eigenvalue weighted by molar-refractivity contribution is -0.385. The molecule has 7 nitrogen and oxygen atoms in total. The molecule has 2 rings (SSSR count). The summed E-state index contributed by atoms with van der Waals surface area (Å²) >= 11 is 0. The van der Waals surface area contributed by atoms with Gasteiger partial charge in [-0.2, -0.15) is 0 Å². The monoisotopic (exact) mass is 355 g/mol. The molecule has 0 aliphatic carbocycles. The van der Waals surface area contributed by atoms with Gasteiger partial charge in [0.05, 0.1) is 4.92 Å². The van der Waals surface area contributed by atoms with Crippen molar-refractivity contribution in [3.63, 3.8) is 0 Å². The minimum atomic E-state index is -0.514. The Morgan fingerprint density at radius 1 is 1.04 bits per heavy atom. The highest BCUT2D eigenvalue weighted by atomic mass is 16.6. The number of benzene rings is 2. The van der Waals surface area contributed by atoms with E-state index in [1.54, 1.807) is 42.2 Å². The average Bonchev–Trinajstić information content (AvgIpc) is 2.63. The molecule has 0 unspecified atom stereocenters. The minimum absolute atomic E-state index is 0.0676. The molecular formula is C19H21N3O4. The van der Waals surface area contributed by atoms with E-state index in [9.17, 15) is 19.7 Å². The fraction of sp³-hybridized carbons (Fsp3) is 0.263. The Balaban J connectivity index is 2.14. The Kier molecular flexibility index (Phi) is 6.06. The Morgan fingerprint density at radius 2 is 1.62 bits per heavy atom. The van der Waals surface area contributed by atoms with Crippen molar-refractivity contribution in [1.29, 1.82) is 0 Å². The second-order valence-electron chi connectivity index (χ2n) is 5.77. The molecule has 7 heteroatoms. The number of rotatable bonds is 6. The highest BCUT2D eigenvalue weighted by Gasteiger charge is 2.16. The predicted molar refractivity (Wildman–Crippen MR) is 99.5 cm³/mol. The van der Waals surface area contributed by atoms with E-state index in [0.717, 1.165) is 0 Å². The lowest BCUT2D eigenvalue weighted by Gasteiger charge is -2.18. The van der Waals surface area contributed by atoms with Gasteiger partial charge in [0.15, 0.2) is 0 Å². The third-order valence-electron chi connectivity index (χ3n) is 4.11. The van der Waals surface area contributed by atoms with Crippen LogP contribution < -0.4 is 5.32 Å². The van der Waals surface area contributed by atoms with Gasteiger partial charge in [-0.3, -0.25) is 19.7 Å². The number of hydrogen-bond donors (Lipinski definition) is 1. The second-order valence-corrected chi connectivity index (χ2v) is 5.77. The van der Waals surface area contributed by atoms with Gasteiger partial charge < -0.3 is 10.2 Å². The van der Waals surface area contributed by atoms with Gasteiger partial charge in [-0.05, 0) is 51.1 Å². The molecule has 0 radical (unpaired) electrons. The van der Waals surface area contributed by atoms with E-state index < -0.39 is 10.8 Å². The molecule has 0 aliphatic heterocycles. The maximum Gasteiger partial charge on any atom is 0.273 e. The van der Waals surface area contributed by atoms with Crippen molar-refractivity contribution in [2.24, 2.45) is 0 Å². The standard InChI is InChI=1S/C19H21N3O4/c1-4-21(5-2)19(24)14-8-10-16(11-9-14)20-18(23)15-7-6-13(3)17(12-15)22(25)26/h6-12H,4-5H2,1-3H3,(H,20,23). The Hall–Kier alpha value is -3.22. The van der Waals surface area contributed by atoms with Gasteiger partial charge in [-0.15, -0.1) is 0 Å². The summed E-state index contributed by atoms with van der Waals surface area (Å²) in [4.78, 5) is 36.8. The predicted octanol–water partition coefficient (Wildman–Crippen LogP) is 3.64. The quantitative estimate of drug-likeness (QED) is 0.632. The number of hydrogen-bond acceptors (Lipinski definition) is 4. The van der Waals surface area contributed by atoms with Crippen molar-refractivity contribution in [3.05, 3.63) is 69.3 Å². The van der Waals surface area contributed by atoms with Crippen LogP contribution in [0.2, 0.25) is 0 Å². The minimum Gasteiger partial charge on any atom is -0.339 e. The smallest absolute Gasteiger partial charge is 0.273 e. The summed E-state index contributed by atoms with van der Waals surface area (Å²) in [7, 11) is 0. The lowest BCUT2D eigenvalue weighted by Crippen LogP contribution is -2.30. The first-order valence-electron chi connectivity index (χ1n) is 8.33. The zero-order chi connectivity index (χ0) is 19.3. The maximum atomic E-state index is 12.3. The van der Waals surface area contributed by atoms with Gasteiger partial charge in [-0.25, -0.2) is 0 Å². The number of amides is 2. The molecule has 2 aromatic carbocycles. The summed E-state index contributed by atoms with van der Waals surface area (Å²) in [5.74, 6) is -0.516. The molecule has 0 saturated heterocycles. The molecule has 136 valence electrons. The van der Waals surface area contributed by atoms with Crippen LogP contribution in [-0.4, -0.2) is 34.7 Å². The van der Waals surface area contributed by atoms with Gasteiger partial charge in [0.1, 0.15) is 0 Å². The first kappa shape index (κ1) is 19.1. The molecule has 0 saturated carbocycles. The van der Waals surface area contributed by atoms with Crippen LogP contribution in [0.1, 0.15) is 40.1 Å². The van der Waals surface area contributed by atoms with Crippen molar-refractivity contribution in [2.75, 3.05) is 18.4 Å². The zero-order valence-electron chi connectivity index (χ0n) is 15.0. The van der Waals surface area contributed by atoms with Crippen molar-refractivity contribution in [1.82, 2.24) is 4.90 Å². The number of carbonyl (C=O) groups excluding carboxylic acids is 2. The molecule has 1 N–H and O–H groups in total. The van der Waals surface area contributed by atoms with E-state index in [4.69, 9.17) is 0 Å². The number of carbonyl (C=O) groups is 2. The van der Waals surface area contributed by atoms with E-state index in [2.05, 4.69) is 5.32 Å². The first-order valence-corrected chi connectivity index (χ1v) is 8.33. The molecule has 0 spiro atoms.